The van der Waals surface area contributed by atoms with Crippen molar-refractivity contribution in [2.45, 2.75) is 44.4 Å². The minimum absolute atomic E-state index is 0.138. The average molecular weight is 321 g/mol. The molecule has 110 valence electrons. The summed E-state index contributed by atoms with van der Waals surface area (Å²) in [4.78, 5) is 9.21. The second-order valence-corrected chi connectivity index (χ2v) is 6.33. The topological polar surface area (TPSA) is 25.8 Å². The molecule has 1 aliphatic carbocycles. The zero-order chi connectivity index (χ0) is 14.9. The molecule has 2 nitrogen and oxygen atoms in total. The molecule has 0 atom stereocenters. The van der Waals surface area contributed by atoms with E-state index in [0.29, 0.717) is 10.3 Å². The van der Waals surface area contributed by atoms with Gasteiger partial charge in [-0.3, -0.25) is 0 Å². The SMILES string of the molecule is CCc1c(Cl)nc(C2(c3ccccc3)CCCC2)nc1Cl. The van der Waals surface area contributed by atoms with E-state index in [2.05, 4.69) is 34.2 Å². The van der Waals surface area contributed by atoms with Gasteiger partial charge in [-0.2, -0.15) is 0 Å². The van der Waals surface area contributed by atoms with E-state index in [-0.39, 0.29) is 5.41 Å². The van der Waals surface area contributed by atoms with Crippen LogP contribution in [0.2, 0.25) is 10.3 Å². The highest BCUT2D eigenvalue weighted by Gasteiger charge is 2.40. The minimum Gasteiger partial charge on any atom is -0.220 e. The van der Waals surface area contributed by atoms with Gasteiger partial charge in [0.1, 0.15) is 16.1 Å². The largest absolute Gasteiger partial charge is 0.220 e. The third-order valence-electron chi connectivity index (χ3n) is 4.47. The number of hydrogen-bond donors (Lipinski definition) is 0. The van der Waals surface area contributed by atoms with Gasteiger partial charge in [0.25, 0.3) is 0 Å². The lowest BCUT2D eigenvalue weighted by Gasteiger charge is -2.28. The predicted molar refractivity (Wildman–Crippen MR) is 87.1 cm³/mol. The molecule has 3 rings (SSSR count). The first-order chi connectivity index (χ1) is 10.2. The van der Waals surface area contributed by atoms with Crippen molar-refractivity contribution in [3.8, 4) is 0 Å². The summed E-state index contributed by atoms with van der Waals surface area (Å²) in [5, 5.41) is 0.990. The van der Waals surface area contributed by atoms with Crippen molar-refractivity contribution in [1.82, 2.24) is 9.97 Å². The van der Waals surface area contributed by atoms with E-state index in [0.717, 1.165) is 30.7 Å². The van der Waals surface area contributed by atoms with Crippen LogP contribution in [0, 0.1) is 0 Å². The van der Waals surface area contributed by atoms with E-state index in [1.54, 1.807) is 0 Å². The summed E-state index contributed by atoms with van der Waals surface area (Å²) in [5.41, 5.74) is 1.96. The monoisotopic (exact) mass is 320 g/mol. The molecule has 0 aliphatic heterocycles. The van der Waals surface area contributed by atoms with Crippen molar-refractivity contribution in [3.05, 3.63) is 57.6 Å². The number of benzene rings is 1. The van der Waals surface area contributed by atoms with E-state index in [1.165, 1.54) is 18.4 Å². The third-order valence-corrected chi connectivity index (χ3v) is 5.10. The Balaban J connectivity index is 2.15. The molecule has 4 heteroatoms. The second-order valence-electron chi connectivity index (χ2n) is 5.62. The molecule has 0 radical (unpaired) electrons. The summed E-state index contributed by atoms with van der Waals surface area (Å²) in [5.74, 6) is 0.776. The normalized spacial score (nSPS) is 17.1. The fourth-order valence-electron chi connectivity index (χ4n) is 3.31. The molecular formula is C17H18Cl2N2. The molecule has 0 spiro atoms. The first-order valence-electron chi connectivity index (χ1n) is 7.45. The number of nitrogens with zero attached hydrogens (tertiary/aromatic N) is 2. The molecule has 1 aromatic carbocycles. The Hall–Kier alpha value is -1.12. The Morgan fingerprint density at radius 1 is 1.00 bits per heavy atom. The highest BCUT2D eigenvalue weighted by molar-refractivity contribution is 6.34. The lowest BCUT2D eigenvalue weighted by atomic mass is 9.78. The van der Waals surface area contributed by atoms with Gasteiger partial charge in [0.05, 0.1) is 5.41 Å². The van der Waals surface area contributed by atoms with Crippen molar-refractivity contribution >= 4 is 23.2 Å². The van der Waals surface area contributed by atoms with Crippen LogP contribution in [0.4, 0.5) is 0 Å². The maximum atomic E-state index is 6.33. The van der Waals surface area contributed by atoms with Gasteiger partial charge in [0, 0.05) is 5.56 Å². The van der Waals surface area contributed by atoms with Gasteiger partial charge in [-0.25, -0.2) is 9.97 Å². The van der Waals surface area contributed by atoms with Crippen LogP contribution in [0.25, 0.3) is 0 Å². The Kier molecular flexibility index (Phi) is 4.19. The van der Waals surface area contributed by atoms with Crippen molar-refractivity contribution in [3.63, 3.8) is 0 Å². The molecule has 0 N–H and O–H groups in total. The fourth-order valence-corrected chi connectivity index (χ4v) is 3.97. The number of halogens is 2. The van der Waals surface area contributed by atoms with Crippen LogP contribution in [-0.2, 0) is 11.8 Å². The first-order valence-corrected chi connectivity index (χ1v) is 8.21. The number of aromatic nitrogens is 2. The zero-order valence-corrected chi connectivity index (χ0v) is 13.6. The summed E-state index contributed by atoms with van der Waals surface area (Å²) < 4.78 is 0. The highest BCUT2D eigenvalue weighted by atomic mass is 35.5. The van der Waals surface area contributed by atoms with Crippen LogP contribution in [0.1, 0.15) is 49.6 Å². The van der Waals surface area contributed by atoms with Gasteiger partial charge >= 0.3 is 0 Å². The molecule has 1 saturated carbocycles. The van der Waals surface area contributed by atoms with Crippen LogP contribution < -0.4 is 0 Å². The molecule has 1 fully saturated rings. The predicted octanol–water partition coefficient (Wildman–Crippen LogP) is 5.21. The van der Waals surface area contributed by atoms with Crippen LogP contribution >= 0.6 is 23.2 Å². The number of rotatable bonds is 3. The summed E-state index contributed by atoms with van der Waals surface area (Å²) in [6.45, 7) is 2.01. The minimum atomic E-state index is -0.138. The van der Waals surface area contributed by atoms with Crippen molar-refractivity contribution in [2.75, 3.05) is 0 Å². The molecule has 21 heavy (non-hydrogen) atoms. The van der Waals surface area contributed by atoms with Gasteiger partial charge in [-0.15, -0.1) is 0 Å². The molecule has 1 aliphatic rings. The molecule has 2 aromatic rings. The third kappa shape index (κ3) is 2.56. The molecular weight excluding hydrogens is 303 g/mol. The Labute approximate surface area is 135 Å². The molecule has 0 unspecified atom stereocenters. The Morgan fingerprint density at radius 3 is 2.10 bits per heavy atom. The standard InChI is InChI=1S/C17H18Cl2N2/c1-2-13-14(18)20-16(21-15(13)19)17(10-6-7-11-17)12-8-4-3-5-9-12/h3-5,8-9H,2,6-7,10-11H2,1H3. The van der Waals surface area contributed by atoms with Crippen LogP contribution in [0.3, 0.4) is 0 Å². The molecule has 0 saturated heterocycles. The van der Waals surface area contributed by atoms with Gasteiger partial charge in [-0.05, 0) is 24.8 Å². The Morgan fingerprint density at radius 2 is 1.57 bits per heavy atom. The van der Waals surface area contributed by atoms with Crippen molar-refractivity contribution in [2.24, 2.45) is 0 Å². The zero-order valence-electron chi connectivity index (χ0n) is 12.1. The van der Waals surface area contributed by atoms with E-state index in [9.17, 15) is 0 Å². The first kappa shape index (κ1) is 14.8. The molecule has 1 aromatic heterocycles. The lowest BCUT2D eigenvalue weighted by molar-refractivity contribution is 0.498. The summed E-state index contributed by atoms with van der Waals surface area (Å²) >= 11 is 12.7. The summed E-state index contributed by atoms with van der Waals surface area (Å²) in [6.07, 6.45) is 5.21. The van der Waals surface area contributed by atoms with Crippen LogP contribution in [0.5, 0.6) is 0 Å². The maximum Gasteiger partial charge on any atom is 0.142 e. The number of hydrogen-bond acceptors (Lipinski definition) is 2. The molecule has 0 amide bonds. The summed E-state index contributed by atoms with van der Waals surface area (Å²) in [7, 11) is 0. The average Bonchev–Trinajstić information content (AvgIpc) is 2.98. The Bertz CT molecular complexity index is 611. The maximum absolute atomic E-state index is 6.33. The van der Waals surface area contributed by atoms with E-state index < -0.39 is 0 Å². The molecule has 1 heterocycles. The van der Waals surface area contributed by atoms with E-state index in [4.69, 9.17) is 23.2 Å². The van der Waals surface area contributed by atoms with Gasteiger partial charge in [0.15, 0.2) is 0 Å². The quantitative estimate of drug-likeness (QED) is 0.726. The van der Waals surface area contributed by atoms with Crippen LogP contribution in [-0.4, -0.2) is 9.97 Å². The van der Waals surface area contributed by atoms with Gasteiger partial charge in [0.2, 0.25) is 0 Å². The van der Waals surface area contributed by atoms with Gasteiger partial charge < -0.3 is 0 Å². The molecule has 0 bridgehead atoms. The second kappa shape index (κ2) is 5.94. The fraction of sp³-hybridized carbons (Fsp3) is 0.412. The summed E-state index contributed by atoms with van der Waals surface area (Å²) in [6, 6.07) is 10.5. The van der Waals surface area contributed by atoms with Crippen molar-refractivity contribution < 1.29 is 0 Å². The van der Waals surface area contributed by atoms with E-state index in [1.807, 2.05) is 13.0 Å². The van der Waals surface area contributed by atoms with Crippen molar-refractivity contribution in [1.29, 1.82) is 0 Å². The highest BCUT2D eigenvalue weighted by Crippen LogP contribution is 2.45. The van der Waals surface area contributed by atoms with Gasteiger partial charge in [-0.1, -0.05) is 73.3 Å². The smallest absolute Gasteiger partial charge is 0.142 e. The van der Waals surface area contributed by atoms with E-state index >= 15 is 0 Å². The lowest BCUT2D eigenvalue weighted by Crippen LogP contribution is -2.27. The van der Waals surface area contributed by atoms with Crippen LogP contribution in [0.15, 0.2) is 30.3 Å².